The van der Waals surface area contributed by atoms with E-state index >= 15 is 0 Å². The molecule has 0 radical (unpaired) electrons. The zero-order valence-corrected chi connectivity index (χ0v) is 16.3. The Hall–Kier alpha value is -3.15. The number of nitrogens with one attached hydrogen (secondary N) is 1. The van der Waals surface area contributed by atoms with Crippen molar-refractivity contribution in [3.8, 4) is 0 Å². The summed E-state index contributed by atoms with van der Waals surface area (Å²) in [6, 6.07) is 15.0. The Bertz CT molecular complexity index is 1060. The van der Waals surface area contributed by atoms with Gasteiger partial charge < -0.3 is 14.6 Å². The Morgan fingerprint density at radius 3 is 2.62 bits per heavy atom. The summed E-state index contributed by atoms with van der Waals surface area (Å²) in [5, 5.41) is 3.02. The third-order valence-electron chi connectivity index (χ3n) is 5.87. The maximum absolute atomic E-state index is 13.1. The monoisotopic (exact) mass is 388 g/mol. The molecule has 2 fully saturated rings. The fraction of sp³-hybridized carbons (Fsp3) is 0.348. The van der Waals surface area contributed by atoms with E-state index in [4.69, 9.17) is 4.98 Å². The molecule has 0 spiro atoms. The molecule has 3 heterocycles. The average molecular weight is 388 g/mol. The molecule has 1 saturated carbocycles. The van der Waals surface area contributed by atoms with Crippen LogP contribution in [0.5, 0.6) is 0 Å². The van der Waals surface area contributed by atoms with Gasteiger partial charge >= 0.3 is 0 Å². The molecule has 1 N–H and O–H groups in total. The lowest BCUT2D eigenvalue weighted by atomic mass is 10.1. The Morgan fingerprint density at radius 2 is 1.83 bits per heavy atom. The van der Waals surface area contributed by atoms with Gasteiger partial charge in [0.2, 0.25) is 0 Å². The van der Waals surface area contributed by atoms with Crippen molar-refractivity contribution in [1.29, 1.82) is 0 Å². The predicted octanol–water partition coefficient (Wildman–Crippen LogP) is 3.45. The minimum atomic E-state index is -0.136. The zero-order chi connectivity index (χ0) is 19.8. The smallest absolute Gasteiger partial charge is 0.272 e. The number of imidazole rings is 1. The van der Waals surface area contributed by atoms with Gasteiger partial charge in [-0.3, -0.25) is 9.59 Å². The van der Waals surface area contributed by atoms with Crippen LogP contribution in [0.25, 0.3) is 5.52 Å². The highest BCUT2D eigenvalue weighted by Crippen LogP contribution is 2.34. The number of likely N-dealkylation sites (tertiary alicyclic amines) is 1. The minimum Gasteiger partial charge on any atom is -0.350 e. The number of amides is 2. The second kappa shape index (κ2) is 7.35. The molecule has 3 aromatic rings. The van der Waals surface area contributed by atoms with Gasteiger partial charge in [-0.2, -0.15) is 0 Å². The van der Waals surface area contributed by atoms with E-state index in [0.717, 1.165) is 24.2 Å². The molecule has 1 aliphatic heterocycles. The van der Waals surface area contributed by atoms with Gasteiger partial charge in [0.25, 0.3) is 11.8 Å². The number of rotatable bonds is 5. The third-order valence-corrected chi connectivity index (χ3v) is 5.87. The van der Waals surface area contributed by atoms with E-state index in [-0.39, 0.29) is 17.9 Å². The van der Waals surface area contributed by atoms with E-state index in [9.17, 15) is 9.59 Å². The first-order valence-electron chi connectivity index (χ1n) is 10.3. The molecule has 29 heavy (non-hydrogen) atoms. The van der Waals surface area contributed by atoms with E-state index in [1.54, 1.807) is 0 Å². The standard InChI is InChI=1S/C23H24N4O2/c28-22(24-15-16-11-12-16)20-18-9-4-5-13-26(18)21(25-20)19-10-6-14-27(19)23(29)17-7-2-1-3-8-17/h1-5,7-9,13,16,19H,6,10-12,14-15H2,(H,24,28). The molecule has 1 unspecified atom stereocenters. The van der Waals surface area contributed by atoms with Gasteiger partial charge in [-0.25, -0.2) is 4.98 Å². The van der Waals surface area contributed by atoms with Crippen molar-refractivity contribution in [3.05, 3.63) is 71.8 Å². The topological polar surface area (TPSA) is 66.7 Å². The van der Waals surface area contributed by atoms with Crippen molar-refractivity contribution < 1.29 is 9.59 Å². The van der Waals surface area contributed by atoms with Crippen molar-refractivity contribution in [2.75, 3.05) is 13.1 Å². The van der Waals surface area contributed by atoms with Crippen LogP contribution in [0.1, 0.15) is 58.4 Å². The van der Waals surface area contributed by atoms with Crippen LogP contribution in [0.3, 0.4) is 0 Å². The number of nitrogens with zero attached hydrogens (tertiary/aromatic N) is 3. The van der Waals surface area contributed by atoms with Crippen LogP contribution >= 0.6 is 0 Å². The van der Waals surface area contributed by atoms with Crippen LogP contribution in [0.15, 0.2) is 54.7 Å². The first-order chi connectivity index (χ1) is 14.2. The number of carbonyl (C=O) groups is 2. The maximum atomic E-state index is 13.1. The first kappa shape index (κ1) is 17.9. The molecule has 1 aliphatic carbocycles. The van der Waals surface area contributed by atoms with Gasteiger partial charge in [0, 0.05) is 24.8 Å². The van der Waals surface area contributed by atoms with Crippen LogP contribution < -0.4 is 5.32 Å². The second-order valence-electron chi connectivity index (χ2n) is 7.95. The van der Waals surface area contributed by atoms with Gasteiger partial charge in [0.1, 0.15) is 5.82 Å². The molecule has 5 rings (SSSR count). The number of aromatic nitrogens is 2. The normalized spacial score (nSPS) is 18.9. The quantitative estimate of drug-likeness (QED) is 0.728. The van der Waals surface area contributed by atoms with Gasteiger partial charge in [-0.05, 0) is 55.9 Å². The van der Waals surface area contributed by atoms with Crippen LogP contribution in [0.2, 0.25) is 0 Å². The first-order valence-corrected chi connectivity index (χ1v) is 10.3. The largest absolute Gasteiger partial charge is 0.350 e. The van der Waals surface area contributed by atoms with E-state index in [1.165, 1.54) is 12.8 Å². The summed E-state index contributed by atoms with van der Waals surface area (Å²) in [5.74, 6) is 1.26. The zero-order valence-electron chi connectivity index (χ0n) is 16.3. The van der Waals surface area contributed by atoms with Crippen LogP contribution in [-0.4, -0.2) is 39.2 Å². The number of benzene rings is 1. The summed E-state index contributed by atoms with van der Waals surface area (Å²) < 4.78 is 1.97. The van der Waals surface area contributed by atoms with E-state index in [1.807, 2.05) is 64.0 Å². The fourth-order valence-corrected chi connectivity index (χ4v) is 4.13. The van der Waals surface area contributed by atoms with E-state index in [0.29, 0.717) is 30.3 Å². The van der Waals surface area contributed by atoms with Gasteiger partial charge in [-0.15, -0.1) is 0 Å². The van der Waals surface area contributed by atoms with Crippen LogP contribution in [0.4, 0.5) is 0 Å². The van der Waals surface area contributed by atoms with Crippen molar-refractivity contribution in [2.24, 2.45) is 5.92 Å². The molecule has 1 saturated heterocycles. The summed E-state index contributed by atoms with van der Waals surface area (Å²) >= 11 is 0. The lowest BCUT2D eigenvalue weighted by molar-refractivity contribution is 0.0729. The summed E-state index contributed by atoms with van der Waals surface area (Å²) in [6.07, 6.45) is 6.07. The fourth-order valence-electron chi connectivity index (χ4n) is 4.13. The van der Waals surface area contributed by atoms with Gasteiger partial charge in [0.15, 0.2) is 5.69 Å². The maximum Gasteiger partial charge on any atom is 0.272 e. The molecular formula is C23H24N4O2. The van der Waals surface area contributed by atoms with Crippen molar-refractivity contribution >= 4 is 17.3 Å². The number of hydrogen-bond acceptors (Lipinski definition) is 3. The second-order valence-corrected chi connectivity index (χ2v) is 7.95. The molecule has 2 amide bonds. The molecule has 2 aliphatic rings. The Balaban J connectivity index is 1.49. The summed E-state index contributed by atoms with van der Waals surface area (Å²) in [5.41, 5.74) is 1.91. The number of hydrogen-bond donors (Lipinski definition) is 1. The van der Waals surface area contributed by atoms with Crippen LogP contribution in [0, 0.1) is 5.92 Å². The molecule has 1 atom stereocenters. The summed E-state index contributed by atoms with van der Waals surface area (Å²) in [4.78, 5) is 32.5. The molecule has 0 bridgehead atoms. The van der Waals surface area contributed by atoms with Crippen molar-refractivity contribution in [3.63, 3.8) is 0 Å². The highest BCUT2D eigenvalue weighted by molar-refractivity contribution is 5.99. The molecule has 1 aromatic carbocycles. The Morgan fingerprint density at radius 1 is 1.03 bits per heavy atom. The Kier molecular flexibility index (Phi) is 4.54. The molecule has 6 nitrogen and oxygen atoms in total. The molecule has 6 heteroatoms. The third kappa shape index (κ3) is 3.39. The lowest BCUT2D eigenvalue weighted by Crippen LogP contribution is -2.31. The molecule has 148 valence electrons. The molecule has 2 aromatic heterocycles. The highest BCUT2D eigenvalue weighted by atomic mass is 16.2. The van der Waals surface area contributed by atoms with Crippen LogP contribution in [-0.2, 0) is 0 Å². The van der Waals surface area contributed by atoms with E-state index < -0.39 is 0 Å². The predicted molar refractivity (Wildman–Crippen MR) is 110 cm³/mol. The Labute approximate surface area is 169 Å². The van der Waals surface area contributed by atoms with E-state index in [2.05, 4.69) is 5.32 Å². The van der Waals surface area contributed by atoms with Crippen molar-refractivity contribution in [1.82, 2.24) is 19.6 Å². The molecular weight excluding hydrogens is 364 g/mol. The minimum absolute atomic E-state index is 0.0144. The average Bonchev–Trinajstić information content (AvgIpc) is 3.33. The summed E-state index contributed by atoms with van der Waals surface area (Å²) in [7, 11) is 0. The van der Waals surface area contributed by atoms with Gasteiger partial charge in [-0.1, -0.05) is 24.3 Å². The van der Waals surface area contributed by atoms with Gasteiger partial charge in [0.05, 0.1) is 11.6 Å². The number of pyridine rings is 1. The number of carbonyl (C=O) groups excluding carboxylic acids is 2. The number of fused-ring (bicyclic) bond motifs is 1. The summed E-state index contributed by atoms with van der Waals surface area (Å²) in [6.45, 7) is 1.41. The highest BCUT2D eigenvalue weighted by Gasteiger charge is 2.34. The van der Waals surface area contributed by atoms with Crippen molar-refractivity contribution in [2.45, 2.75) is 31.7 Å². The SMILES string of the molecule is O=C(NCC1CC1)c1nc(C2CCCN2C(=O)c2ccccc2)n2ccccc12. The lowest BCUT2D eigenvalue weighted by Gasteiger charge is -2.24.